The Kier molecular flexibility index (Phi) is 21.2. The van der Waals surface area contributed by atoms with E-state index in [0.717, 1.165) is 39.3 Å². The van der Waals surface area contributed by atoms with Gasteiger partial charge in [0.05, 0.1) is 68.2 Å². The smallest absolute Gasteiger partial charge is 0.326 e. The molecule has 25 heteroatoms. The van der Waals surface area contributed by atoms with Crippen molar-refractivity contribution in [1.29, 1.82) is 5.26 Å². The molecule has 0 saturated carbocycles. The van der Waals surface area contributed by atoms with Gasteiger partial charge in [0.1, 0.15) is 54.0 Å². The Hall–Kier alpha value is -8.54. The molecule has 0 radical (unpaired) electrons. The van der Waals surface area contributed by atoms with Gasteiger partial charge in [0.15, 0.2) is 5.78 Å². The fourth-order valence-corrected chi connectivity index (χ4v) is 10.4. The van der Waals surface area contributed by atoms with Crippen LogP contribution in [0.15, 0.2) is 91.6 Å². The number of ether oxygens (including phenoxy) is 5. The minimum absolute atomic E-state index is 0.0477. The average Bonchev–Trinajstić information content (AvgIpc) is 1.63. The summed E-state index contributed by atoms with van der Waals surface area (Å²) in [5.74, 6) is 0.773. The molecule has 0 spiro atoms. The van der Waals surface area contributed by atoms with E-state index in [-0.39, 0.29) is 47.7 Å². The fourth-order valence-electron chi connectivity index (χ4n) is 10.4. The lowest BCUT2D eigenvalue weighted by atomic mass is 9.88. The van der Waals surface area contributed by atoms with Gasteiger partial charge in [-0.05, 0) is 75.4 Å². The Bertz CT molecular complexity index is 3340. The molecular formula is C62H77N15O10. The number of aromatic nitrogens is 8. The number of pyridine rings is 3. The monoisotopic (exact) mass is 1190 g/mol. The van der Waals surface area contributed by atoms with Crippen LogP contribution in [0.3, 0.4) is 0 Å². The highest BCUT2D eigenvalue weighted by atomic mass is 16.5. The molecule has 2 atom stereocenters. The molecule has 0 unspecified atom stereocenters. The molecule has 0 bridgehead atoms. The lowest BCUT2D eigenvalue weighted by Gasteiger charge is -2.39. The van der Waals surface area contributed by atoms with Crippen LogP contribution in [0.4, 0.5) is 11.8 Å². The maximum Gasteiger partial charge on any atom is 0.326 e. The number of nitrogens with one attached hydrogen (secondary N) is 1. The van der Waals surface area contributed by atoms with E-state index in [1.54, 1.807) is 71.9 Å². The third-order valence-electron chi connectivity index (χ3n) is 15.5. The molecule has 8 heterocycles. The van der Waals surface area contributed by atoms with E-state index in [2.05, 4.69) is 56.3 Å². The first-order valence-corrected chi connectivity index (χ1v) is 29.4. The van der Waals surface area contributed by atoms with Crippen LogP contribution in [-0.4, -0.2) is 199 Å². The van der Waals surface area contributed by atoms with Crippen LogP contribution in [-0.2, 0) is 43.5 Å². The highest BCUT2D eigenvalue weighted by Crippen LogP contribution is 2.40. The van der Waals surface area contributed by atoms with E-state index in [9.17, 15) is 29.5 Å². The van der Waals surface area contributed by atoms with Crippen LogP contribution in [0.2, 0.25) is 0 Å². The lowest BCUT2D eigenvalue weighted by Crippen LogP contribution is -2.55. The Balaban J connectivity index is 0.595. The van der Waals surface area contributed by atoms with Crippen molar-refractivity contribution < 1.29 is 48.0 Å². The second kappa shape index (κ2) is 29.2. The number of carboxylic acids is 1. The van der Waals surface area contributed by atoms with Gasteiger partial charge < -0.3 is 48.8 Å². The Labute approximate surface area is 506 Å². The van der Waals surface area contributed by atoms with E-state index < -0.39 is 23.5 Å². The first-order chi connectivity index (χ1) is 41.9. The fraction of sp³-hybridized carbons (Fsp3) is 0.484. The number of hydrogen-bond donors (Lipinski definition) is 2. The molecule has 2 saturated heterocycles. The molecule has 9 rings (SSSR count). The number of benzene rings is 1. The van der Waals surface area contributed by atoms with Crippen molar-refractivity contribution in [2.45, 2.75) is 91.7 Å². The molecule has 25 nitrogen and oxygen atoms in total. The molecular weight excluding hydrogens is 1110 g/mol. The number of nitrogens with zero attached hydrogens (tertiary/aromatic N) is 14. The van der Waals surface area contributed by atoms with E-state index in [1.165, 1.54) is 6.20 Å². The highest BCUT2D eigenvalue weighted by molar-refractivity contribution is 6.13. The van der Waals surface area contributed by atoms with Crippen molar-refractivity contribution in [1.82, 2.24) is 59.9 Å². The van der Waals surface area contributed by atoms with Crippen molar-refractivity contribution in [3.63, 3.8) is 0 Å². The number of carboxylic acid groups (broad SMARTS) is 1. The Morgan fingerprint density at radius 1 is 0.839 bits per heavy atom. The second-order valence-electron chi connectivity index (χ2n) is 23.5. The van der Waals surface area contributed by atoms with Crippen LogP contribution < -0.4 is 24.6 Å². The zero-order valence-electron chi connectivity index (χ0n) is 50.3. The molecule has 1 aromatic carbocycles. The largest absolute Gasteiger partial charge is 0.491 e. The summed E-state index contributed by atoms with van der Waals surface area (Å²) in [6.07, 6.45) is 9.08. The van der Waals surface area contributed by atoms with Crippen LogP contribution in [0, 0.1) is 16.7 Å². The number of aliphatic carboxylic acids is 1. The Morgan fingerprint density at radius 3 is 2.25 bits per heavy atom. The number of piperazine rings is 2. The number of ketones is 1. The zero-order valence-corrected chi connectivity index (χ0v) is 50.3. The van der Waals surface area contributed by atoms with Gasteiger partial charge in [0.25, 0.3) is 5.91 Å². The van der Waals surface area contributed by atoms with E-state index in [0.29, 0.717) is 136 Å². The minimum atomic E-state index is -1.08. The van der Waals surface area contributed by atoms with Crippen LogP contribution in [0.5, 0.6) is 17.4 Å². The molecule has 2 fully saturated rings. The molecule has 3 aliphatic heterocycles. The molecule has 460 valence electrons. The van der Waals surface area contributed by atoms with Gasteiger partial charge in [0, 0.05) is 120 Å². The molecule has 3 aliphatic rings. The van der Waals surface area contributed by atoms with Crippen LogP contribution in [0.1, 0.15) is 92.1 Å². The normalized spacial score (nSPS) is 16.5. The summed E-state index contributed by atoms with van der Waals surface area (Å²) < 4.78 is 30.9. The molecule has 2 N–H and O–H groups in total. The summed E-state index contributed by atoms with van der Waals surface area (Å²) in [5, 5.41) is 30.2. The van der Waals surface area contributed by atoms with Gasteiger partial charge in [-0.2, -0.15) is 5.26 Å². The van der Waals surface area contributed by atoms with Crippen molar-refractivity contribution in [3.8, 4) is 34.7 Å². The van der Waals surface area contributed by atoms with Gasteiger partial charge >= 0.3 is 5.97 Å². The van der Waals surface area contributed by atoms with E-state index in [4.69, 9.17) is 28.7 Å². The first kappa shape index (κ1) is 63.0. The molecule has 0 aliphatic carbocycles. The summed E-state index contributed by atoms with van der Waals surface area (Å²) in [5.41, 5.74) is 2.76. The van der Waals surface area contributed by atoms with Gasteiger partial charge in [-0.1, -0.05) is 38.1 Å². The maximum atomic E-state index is 13.5. The molecule has 87 heavy (non-hydrogen) atoms. The van der Waals surface area contributed by atoms with Crippen molar-refractivity contribution in [2.75, 3.05) is 108 Å². The number of rotatable bonds is 28. The summed E-state index contributed by atoms with van der Waals surface area (Å²) >= 11 is 0. The predicted molar refractivity (Wildman–Crippen MR) is 320 cm³/mol. The van der Waals surface area contributed by atoms with E-state index in [1.807, 2.05) is 69.5 Å². The van der Waals surface area contributed by atoms with Gasteiger partial charge in [-0.15, -0.1) is 5.10 Å². The number of anilines is 2. The number of carbonyl (C=O) groups is 4. The topological polar surface area (TPSA) is 282 Å². The van der Waals surface area contributed by atoms with Crippen molar-refractivity contribution >= 4 is 35.3 Å². The number of fused-ring (bicyclic) bond motifs is 1. The Morgan fingerprint density at radius 2 is 1.56 bits per heavy atom. The third kappa shape index (κ3) is 17.1. The minimum Gasteiger partial charge on any atom is -0.491 e. The van der Waals surface area contributed by atoms with Crippen molar-refractivity contribution in [3.05, 3.63) is 120 Å². The second-order valence-corrected chi connectivity index (χ2v) is 23.5. The van der Waals surface area contributed by atoms with Crippen molar-refractivity contribution in [2.24, 2.45) is 5.41 Å². The van der Waals surface area contributed by atoms with Crippen LogP contribution >= 0.6 is 0 Å². The number of amides is 2. The number of nitriles is 1. The van der Waals surface area contributed by atoms with Gasteiger partial charge in [-0.25, -0.2) is 34.4 Å². The number of Topliss-reactive ketones (excluding diaryl/α,β-unsaturated/α-hetero) is 1. The standard InChI is InChI=1S/C62H77N15O10/c1-43-38-74(60-66-36-46(37-67-60)51-14-13-50-56(79)62(5,6)77(57(50)68-51)39-45-9-8-18-64-53(45)34-63)23-24-76(43)55(78)41-75-40-47(70-71-75)42-85-30-29-83-27-25-72-19-21-73(22-20-72)26-28-84-31-32-86-48-10-7-11-49(33-48)87-54-15-12-44(35-65-54)58(80)69-52(59(81)82)16-17-61(2,3)4/h7-15,18,33,35-37,40,43,52H,16-17,19-32,38-39,41-42H2,1-6H3,(H,69,80)(H,81,82)/t43-,52+/m1/s1. The first-order valence-electron chi connectivity index (χ1n) is 29.4. The zero-order chi connectivity index (χ0) is 61.5. The molecule has 2 amide bonds. The van der Waals surface area contributed by atoms with Gasteiger partial charge in [0.2, 0.25) is 17.7 Å². The summed E-state index contributed by atoms with van der Waals surface area (Å²) in [6.45, 7) is 22.3. The highest BCUT2D eigenvalue weighted by Gasteiger charge is 2.45. The third-order valence-corrected chi connectivity index (χ3v) is 15.5. The predicted octanol–water partition coefficient (Wildman–Crippen LogP) is 5.56. The quantitative estimate of drug-likeness (QED) is 0.0569. The van der Waals surface area contributed by atoms with Gasteiger partial charge in [-0.3, -0.25) is 24.2 Å². The maximum absolute atomic E-state index is 13.5. The summed E-state index contributed by atoms with van der Waals surface area (Å²) in [7, 11) is 0. The summed E-state index contributed by atoms with van der Waals surface area (Å²) in [4.78, 5) is 84.8. The average molecular weight is 1190 g/mol. The number of carbonyl (C=O) groups excluding carboxylic acids is 3. The van der Waals surface area contributed by atoms with E-state index >= 15 is 0 Å². The van der Waals surface area contributed by atoms with Crippen LogP contribution in [0.25, 0.3) is 11.3 Å². The summed E-state index contributed by atoms with van der Waals surface area (Å²) in [6, 6.07) is 18.5. The SMILES string of the molecule is C[C@@H]1CN(c2ncc(-c3ccc4c(n3)N(Cc3cccnc3C#N)C(C)(C)C4=O)cn2)CCN1C(=O)Cn1cc(COCCOCCN2CCN(CCOCCOc3cccc(Oc4ccc(C(=O)N[C@@H](CCC(C)(C)C)C(=O)O)cn4)c3)CC2)nn1. The molecule has 6 aromatic rings. The lowest BCUT2D eigenvalue weighted by molar-refractivity contribution is -0.139. The molecule has 5 aromatic heterocycles. The number of hydrogen-bond acceptors (Lipinski definition) is 21.